The van der Waals surface area contributed by atoms with Crippen LogP contribution < -0.4 is 9.46 Å². The molecule has 0 radical (unpaired) electrons. The van der Waals surface area contributed by atoms with Crippen molar-refractivity contribution in [2.24, 2.45) is 4.99 Å². The van der Waals surface area contributed by atoms with Gasteiger partial charge < -0.3 is 9.46 Å². The highest BCUT2D eigenvalue weighted by atomic mass is 35.5. The third kappa shape index (κ3) is 2.44. The van der Waals surface area contributed by atoms with Gasteiger partial charge in [-0.2, -0.15) is 0 Å². The minimum atomic E-state index is -0.636. The molecule has 20 heavy (non-hydrogen) atoms. The van der Waals surface area contributed by atoms with Crippen LogP contribution in [0.15, 0.2) is 46.3 Å². The van der Waals surface area contributed by atoms with Crippen molar-refractivity contribution >= 4 is 34.5 Å². The summed E-state index contributed by atoms with van der Waals surface area (Å²) in [5.74, 6) is -1.45. The summed E-state index contributed by atoms with van der Waals surface area (Å²) in [6, 6.07) is 8.54. The monoisotopic (exact) mass is 312 g/mol. The van der Waals surface area contributed by atoms with Crippen molar-refractivity contribution in [2.45, 2.75) is 4.90 Å². The van der Waals surface area contributed by atoms with E-state index in [1.165, 1.54) is 36.2 Å². The van der Waals surface area contributed by atoms with E-state index in [9.17, 15) is 8.78 Å². The van der Waals surface area contributed by atoms with Gasteiger partial charge in [0.15, 0.2) is 23.1 Å². The normalized spacial score (nSPS) is 13.2. The largest absolute Gasteiger partial charge is 0.449 e. The Hall–Kier alpha value is -1.79. The molecule has 1 N–H and O–H groups in total. The molecular weight excluding hydrogens is 306 g/mol. The van der Waals surface area contributed by atoms with Gasteiger partial charge in [0, 0.05) is 0 Å². The van der Waals surface area contributed by atoms with Crippen LogP contribution >= 0.6 is 23.5 Å². The quantitative estimate of drug-likeness (QED) is 0.650. The summed E-state index contributed by atoms with van der Waals surface area (Å²) >= 11 is 6.95. The van der Waals surface area contributed by atoms with Crippen LogP contribution in [0, 0.1) is 11.6 Å². The molecule has 1 aliphatic heterocycles. The van der Waals surface area contributed by atoms with Crippen LogP contribution in [0.3, 0.4) is 0 Å². The lowest BCUT2D eigenvalue weighted by atomic mass is 10.2. The van der Waals surface area contributed by atoms with E-state index >= 15 is 0 Å². The van der Waals surface area contributed by atoms with Crippen LogP contribution in [0.1, 0.15) is 0 Å². The van der Waals surface area contributed by atoms with Crippen molar-refractivity contribution in [1.29, 1.82) is 0 Å². The number of hydrogen-bond donors (Lipinski definition) is 1. The minimum absolute atomic E-state index is 0.0744. The van der Waals surface area contributed by atoms with Crippen molar-refractivity contribution in [3.63, 3.8) is 0 Å². The zero-order valence-corrected chi connectivity index (χ0v) is 11.4. The van der Waals surface area contributed by atoms with E-state index in [-0.39, 0.29) is 22.5 Å². The Morgan fingerprint density at radius 1 is 1.10 bits per heavy atom. The minimum Gasteiger partial charge on any atom is -0.449 e. The van der Waals surface area contributed by atoms with Crippen molar-refractivity contribution < 1.29 is 13.5 Å². The van der Waals surface area contributed by atoms with Gasteiger partial charge in [0.1, 0.15) is 5.69 Å². The van der Waals surface area contributed by atoms with Crippen LogP contribution in [0.4, 0.5) is 14.5 Å². The molecule has 0 fully saturated rings. The van der Waals surface area contributed by atoms with Crippen LogP contribution in [-0.4, -0.2) is 5.29 Å². The van der Waals surface area contributed by atoms with E-state index in [4.69, 9.17) is 16.3 Å². The van der Waals surface area contributed by atoms with Gasteiger partial charge >= 0.3 is 0 Å². The highest BCUT2D eigenvalue weighted by Gasteiger charge is 2.21. The van der Waals surface area contributed by atoms with E-state index in [0.717, 1.165) is 0 Å². The first-order chi connectivity index (χ1) is 9.65. The number of amidine groups is 1. The Labute approximate surface area is 122 Å². The van der Waals surface area contributed by atoms with Gasteiger partial charge in [-0.15, -0.1) is 0 Å². The van der Waals surface area contributed by atoms with Crippen LogP contribution in [-0.2, 0) is 0 Å². The van der Waals surface area contributed by atoms with Gasteiger partial charge in [0.2, 0.25) is 5.29 Å². The molecule has 3 rings (SSSR count). The fraction of sp³-hybridized carbons (Fsp3) is 0. The molecule has 0 aromatic heterocycles. The lowest BCUT2D eigenvalue weighted by molar-refractivity contribution is 0.415. The van der Waals surface area contributed by atoms with Crippen LogP contribution in [0.2, 0.25) is 0 Å². The first kappa shape index (κ1) is 13.2. The molecule has 1 heterocycles. The van der Waals surface area contributed by atoms with Gasteiger partial charge in [-0.25, -0.2) is 13.8 Å². The Morgan fingerprint density at radius 2 is 1.90 bits per heavy atom. The second-order valence-electron chi connectivity index (χ2n) is 3.86. The molecule has 0 saturated carbocycles. The molecule has 0 saturated heterocycles. The molecule has 102 valence electrons. The van der Waals surface area contributed by atoms with Crippen molar-refractivity contribution in [2.75, 3.05) is 0 Å². The first-order valence-electron chi connectivity index (χ1n) is 5.57. The smallest absolute Gasteiger partial charge is 0.206 e. The van der Waals surface area contributed by atoms with Crippen LogP contribution in [0.5, 0.6) is 11.5 Å². The van der Waals surface area contributed by atoms with Gasteiger partial charge in [-0.1, -0.05) is 12.1 Å². The molecule has 0 atom stereocenters. The molecule has 7 heteroatoms. The Balaban J connectivity index is 2.09. The van der Waals surface area contributed by atoms with Crippen molar-refractivity contribution in [3.05, 3.63) is 48.0 Å². The maximum absolute atomic E-state index is 13.9. The second kappa shape index (κ2) is 5.30. The molecular formula is C13H7ClF2N2OS. The topological polar surface area (TPSA) is 33.6 Å². The van der Waals surface area contributed by atoms with E-state index in [0.29, 0.717) is 4.90 Å². The number of halogens is 3. The number of nitrogens with zero attached hydrogens (tertiary/aromatic N) is 1. The zero-order chi connectivity index (χ0) is 14.1. The Kier molecular flexibility index (Phi) is 3.50. The molecule has 0 amide bonds. The zero-order valence-electron chi connectivity index (χ0n) is 9.86. The van der Waals surface area contributed by atoms with Crippen molar-refractivity contribution in [3.8, 4) is 11.5 Å². The predicted molar refractivity (Wildman–Crippen MR) is 74.8 cm³/mol. The molecule has 2 aromatic rings. The lowest BCUT2D eigenvalue weighted by Gasteiger charge is -2.17. The first-order valence-corrected chi connectivity index (χ1v) is 6.76. The molecule has 0 spiro atoms. The molecule has 0 aliphatic carbocycles. The number of ether oxygens (including phenoxy) is 1. The third-order valence-corrected chi connectivity index (χ3v) is 3.69. The van der Waals surface area contributed by atoms with Gasteiger partial charge in [0.25, 0.3) is 0 Å². The number of nitrogens with one attached hydrogen (secondary N) is 1. The Morgan fingerprint density at radius 3 is 2.70 bits per heavy atom. The van der Waals surface area contributed by atoms with E-state index < -0.39 is 11.6 Å². The average molecular weight is 313 g/mol. The number of benzene rings is 2. The second-order valence-corrected chi connectivity index (χ2v) is 5.07. The number of aliphatic imine (C=N–C) groups is 1. The summed E-state index contributed by atoms with van der Waals surface area (Å²) in [5, 5.41) is 0.103. The highest BCUT2D eigenvalue weighted by Crippen LogP contribution is 2.43. The standard InChI is InChI=1S/C13H7ClF2N2OS/c14-13-17-11-10(20-18-13)6-5-8(16)12(11)19-9-4-2-1-3-7(9)15/h1-6H,(H,17,18). The molecule has 2 aromatic carbocycles. The fourth-order valence-electron chi connectivity index (χ4n) is 1.67. The number of rotatable bonds is 2. The molecule has 1 aliphatic rings. The van der Waals surface area contributed by atoms with Crippen molar-refractivity contribution in [1.82, 2.24) is 4.72 Å². The maximum atomic E-state index is 13.9. The SMILES string of the molecule is Fc1ccccc1Oc1c(F)ccc2c1N=C(Cl)NS2. The highest BCUT2D eigenvalue weighted by molar-refractivity contribution is 7.98. The summed E-state index contributed by atoms with van der Waals surface area (Å²) in [6.07, 6.45) is 0. The van der Waals surface area contributed by atoms with E-state index in [1.54, 1.807) is 12.1 Å². The summed E-state index contributed by atoms with van der Waals surface area (Å²) in [4.78, 5) is 4.64. The van der Waals surface area contributed by atoms with Gasteiger partial charge in [-0.3, -0.25) is 0 Å². The summed E-state index contributed by atoms with van der Waals surface area (Å²) in [6.45, 7) is 0. The summed E-state index contributed by atoms with van der Waals surface area (Å²) in [7, 11) is 0. The van der Waals surface area contributed by atoms with Crippen LogP contribution in [0.25, 0.3) is 0 Å². The van der Waals surface area contributed by atoms with E-state index in [1.807, 2.05) is 0 Å². The number of hydrogen-bond acceptors (Lipinski definition) is 4. The third-order valence-electron chi connectivity index (χ3n) is 2.55. The lowest BCUT2D eigenvalue weighted by Crippen LogP contribution is -2.12. The molecule has 0 unspecified atom stereocenters. The van der Waals surface area contributed by atoms with E-state index in [2.05, 4.69) is 9.71 Å². The van der Waals surface area contributed by atoms with Gasteiger partial charge in [-0.05, 0) is 47.8 Å². The molecule has 0 bridgehead atoms. The molecule has 3 nitrogen and oxygen atoms in total. The number of fused-ring (bicyclic) bond motifs is 1. The summed E-state index contributed by atoms with van der Waals surface area (Å²) in [5.41, 5.74) is 0.238. The summed E-state index contributed by atoms with van der Waals surface area (Å²) < 4.78 is 35.6. The Bertz CT molecular complexity index is 709. The number of para-hydroxylation sites is 1. The maximum Gasteiger partial charge on any atom is 0.206 e. The fourth-order valence-corrected chi connectivity index (χ4v) is 2.48. The van der Waals surface area contributed by atoms with Gasteiger partial charge in [0.05, 0.1) is 4.90 Å². The predicted octanol–water partition coefficient (Wildman–Crippen LogP) is 4.59. The average Bonchev–Trinajstić information content (AvgIpc) is 2.44.